The molecule has 1 aliphatic heterocycles. The standard InChI is InChI=1S/C30H23F3N2O3S/c1-21-12-18-26(19-13-21)39(36,37)34-29-35(25-10-6-3-7-11-25)27(22-8-4-2-5-9-22)20-28(38-29)23-14-16-24(17-15-23)30(31,32)33/h2-20,27H,1H3/b34-29-/t27-/m0/s1. The van der Waals surface area contributed by atoms with Gasteiger partial charge in [-0.25, -0.2) is 0 Å². The van der Waals surface area contributed by atoms with Crippen LogP contribution in [0.2, 0.25) is 0 Å². The number of para-hydroxylation sites is 1. The largest absolute Gasteiger partial charge is 0.425 e. The van der Waals surface area contributed by atoms with Crippen molar-refractivity contribution in [3.05, 3.63) is 138 Å². The number of nitrogens with zero attached hydrogens (tertiary/aromatic N) is 2. The fraction of sp³-hybridized carbons (Fsp3) is 0.100. The van der Waals surface area contributed by atoms with E-state index in [1.54, 1.807) is 47.4 Å². The molecule has 0 aromatic heterocycles. The molecule has 0 radical (unpaired) electrons. The number of hydrogen-bond acceptors (Lipinski definition) is 3. The molecular formula is C30H23F3N2O3S. The van der Waals surface area contributed by atoms with Gasteiger partial charge in [-0.15, -0.1) is 4.40 Å². The fourth-order valence-corrected chi connectivity index (χ4v) is 5.10. The molecule has 0 fully saturated rings. The molecule has 4 aromatic carbocycles. The first kappa shape index (κ1) is 26.2. The van der Waals surface area contributed by atoms with Crippen LogP contribution in [0, 0.1) is 6.92 Å². The second kappa shape index (κ2) is 10.4. The Labute approximate surface area is 224 Å². The van der Waals surface area contributed by atoms with Crippen molar-refractivity contribution in [3.63, 3.8) is 0 Å². The third kappa shape index (κ3) is 5.73. The number of halogens is 3. The molecular weight excluding hydrogens is 525 g/mol. The van der Waals surface area contributed by atoms with Crippen LogP contribution in [-0.2, 0) is 20.9 Å². The van der Waals surface area contributed by atoms with Crippen molar-refractivity contribution < 1.29 is 26.3 Å². The summed E-state index contributed by atoms with van der Waals surface area (Å²) >= 11 is 0. The van der Waals surface area contributed by atoms with E-state index in [0.717, 1.165) is 23.3 Å². The molecule has 5 nitrogen and oxygen atoms in total. The first-order valence-electron chi connectivity index (χ1n) is 12.0. The second-order valence-corrected chi connectivity index (χ2v) is 10.5. The molecule has 198 valence electrons. The van der Waals surface area contributed by atoms with Crippen molar-refractivity contribution in [1.82, 2.24) is 0 Å². The summed E-state index contributed by atoms with van der Waals surface area (Å²) in [6.07, 6.45) is -2.76. The molecule has 0 aliphatic carbocycles. The predicted octanol–water partition coefficient (Wildman–Crippen LogP) is 7.38. The normalized spacial score (nSPS) is 17.0. The van der Waals surface area contributed by atoms with E-state index in [0.29, 0.717) is 11.3 Å². The predicted molar refractivity (Wildman–Crippen MR) is 144 cm³/mol. The maximum Gasteiger partial charge on any atom is 0.416 e. The maximum atomic E-state index is 13.4. The van der Waals surface area contributed by atoms with Crippen LogP contribution in [0.1, 0.15) is 28.3 Å². The number of aryl methyl sites for hydroxylation is 1. The molecule has 9 heteroatoms. The number of alkyl halides is 3. The van der Waals surface area contributed by atoms with Crippen molar-refractivity contribution >= 4 is 27.5 Å². The number of rotatable bonds is 5. The van der Waals surface area contributed by atoms with Gasteiger partial charge < -0.3 is 4.74 Å². The number of hydrogen-bond donors (Lipinski definition) is 0. The van der Waals surface area contributed by atoms with E-state index in [2.05, 4.69) is 4.40 Å². The van der Waals surface area contributed by atoms with E-state index in [1.165, 1.54) is 24.3 Å². The van der Waals surface area contributed by atoms with Crippen LogP contribution in [0.5, 0.6) is 0 Å². The highest BCUT2D eigenvalue weighted by atomic mass is 32.2. The van der Waals surface area contributed by atoms with E-state index in [9.17, 15) is 21.6 Å². The lowest BCUT2D eigenvalue weighted by molar-refractivity contribution is -0.137. The van der Waals surface area contributed by atoms with Crippen molar-refractivity contribution in [3.8, 4) is 0 Å². The van der Waals surface area contributed by atoms with Gasteiger partial charge in [0.05, 0.1) is 16.5 Å². The van der Waals surface area contributed by atoms with E-state index >= 15 is 0 Å². The number of sulfonamides is 1. The van der Waals surface area contributed by atoms with Gasteiger partial charge in [0.2, 0.25) is 0 Å². The van der Waals surface area contributed by atoms with Gasteiger partial charge in [0, 0.05) is 11.3 Å². The van der Waals surface area contributed by atoms with E-state index in [1.807, 2.05) is 43.3 Å². The molecule has 39 heavy (non-hydrogen) atoms. The highest BCUT2D eigenvalue weighted by Crippen LogP contribution is 2.38. The summed E-state index contributed by atoms with van der Waals surface area (Å²) < 4.78 is 76.5. The van der Waals surface area contributed by atoms with E-state index < -0.39 is 27.8 Å². The Kier molecular flexibility index (Phi) is 7.01. The van der Waals surface area contributed by atoms with Crippen LogP contribution in [0.4, 0.5) is 18.9 Å². The minimum absolute atomic E-state index is 0.0147. The lowest BCUT2D eigenvalue weighted by Crippen LogP contribution is -2.39. The Hall–Kier alpha value is -4.37. The molecule has 1 atom stereocenters. The second-order valence-electron chi connectivity index (χ2n) is 8.93. The van der Waals surface area contributed by atoms with Crippen molar-refractivity contribution in [2.45, 2.75) is 24.0 Å². The minimum Gasteiger partial charge on any atom is -0.425 e. The zero-order valence-corrected chi connectivity index (χ0v) is 21.5. The van der Waals surface area contributed by atoms with Gasteiger partial charge in [-0.1, -0.05) is 78.4 Å². The van der Waals surface area contributed by atoms with Crippen LogP contribution in [0.25, 0.3) is 5.76 Å². The Morgan fingerprint density at radius 3 is 1.97 bits per heavy atom. The summed E-state index contributed by atoms with van der Waals surface area (Å²) in [6.45, 7) is 1.84. The van der Waals surface area contributed by atoms with Crippen LogP contribution in [0.3, 0.4) is 0 Å². The molecule has 0 saturated heterocycles. The average molecular weight is 549 g/mol. The Balaban J connectivity index is 1.69. The molecule has 0 N–H and O–H groups in total. The highest BCUT2D eigenvalue weighted by molar-refractivity contribution is 7.90. The number of ether oxygens (including phenoxy) is 1. The molecule has 1 aliphatic rings. The summed E-state index contributed by atoms with van der Waals surface area (Å²) in [7, 11) is -4.21. The highest BCUT2D eigenvalue weighted by Gasteiger charge is 2.34. The van der Waals surface area contributed by atoms with E-state index in [4.69, 9.17) is 4.74 Å². The summed E-state index contributed by atoms with van der Waals surface area (Å²) in [5.41, 5.74) is 1.85. The summed E-state index contributed by atoms with van der Waals surface area (Å²) in [4.78, 5) is 1.63. The molecule has 4 aromatic rings. The SMILES string of the molecule is Cc1ccc(S(=O)(=O)/N=C2\OC(c3ccc(C(F)(F)F)cc3)=C[C@@H](c3ccccc3)N2c2ccccc2)cc1. The fourth-order valence-electron chi connectivity index (χ4n) is 4.18. The molecule has 0 unspecified atom stereocenters. The quantitative estimate of drug-likeness (QED) is 0.261. The van der Waals surface area contributed by atoms with Crippen LogP contribution in [0.15, 0.2) is 125 Å². The van der Waals surface area contributed by atoms with E-state index in [-0.39, 0.29) is 16.7 Å². The van der Waals surface area contributed by atoms with Crippen molar-refractivity contribution in [1.29, 1.82) is 0 Å². The monoisotopic (exact) mass is 548 g/mol. The van der Waals surface area contributed by atoms with Gasteiger partial charge in [-0.2, -0.15) is 21.6 Å². The molecule has 0 saturated carbocycles. The first-order valence-corrected chi connectivity index (χ1v) is 13.4. The minimum atomic E-state index is -4.49. The third-order valence-corrected chi connectivity index (χ3v) is 7.45. The molecule has 0 spiro atoms. The maximum absolute atomic E-state index is 13.4. The van der Waals surface area contributed by atoms with Gasteiger partial charge in [0.25, 0.3) is 10.0 Å². The smallest absolute Gasteiger partial charge is 0.416 e. The van der Waals surface area contributed by atoms with Crippen LogP contribution >= 0.6 is 0 Å². The molecule has 1 heterocycles. The van der Waals surface area contributed by atoms with Gasteiger partial charge in [-0.3, -0.25) is 4.90 Å². The average Bonchev–Trinajstić information content (AvgIpc) is 2.93. The van der Waals surface area contributed by atoms with Gasteiger partial charge in [0.15, 0.2) is 0 Å². The van der Waals surface area contributed by atoms with Crippen LogP contribution < -0.4 is 4.90 Å². The van der Waals surface area contributed by atoms with Gasteiger partial charge >= 0.3 is 12.2 Å². The third-order valence-electron chi connectivity index (χ3n) is 6.18. The van der Waals surface area contributed by atoms with Crippen molar-refractivity contribution in [2.24, 2.45) is 4.40 Å². The lowest BCUT2D eigenvalue weighted by atomic mass is 10.00. The number of anilines is 1. The van der Waals surface area contributed by atoms with Crippen molar-refractivity contribution in [2.75, 3.05) is 4.90 Å². The zero-order valence-electron chi connectivity index (χ0n) is 20.7. The first-order chi connectivity index (χ1) is 18.6. The topological polar surface area (TPSA) is 59.0 Å². The number of benzene rings is 4. The number of amidine groups is 1. The Bertz CT molecular complexity index is 1620. The summed E-state index contributed by atoms with van der Waals surface area (Å²) in [5, 5.41) is 0. The Morgan fingerprint density at radius 1 is 0.795 bits per heavy atom. The Morgan fingerprint density at radius 2 is 1.38 bits per heavy atom. The molecule has 5 rings (SSSR count). The summed E-state index contributed by atoms with van der Waals surface area (Å²) in [5.74, 6) is 0.183. The molecule has 0 amide bonds. The van der Waals surface area contributed by atoms with Gasteiger partial charge in [0.1, 0.15) is 5.76 Å². The zero-order chi connectivity index (χ0) is 27.6. The molecule has 0 bridgehead atoms. The van der Waals surface area contributed by atoms with Crippen LogP contribution in [-0.4, -0.2) is 14.4 Å². The van der Waals surface area contributed by atoms with Gasteiger partial charge in [-0.05, 0) is 55.0 Å². The lowest BCUT2D eigenvalue weighted by Gasteiger charge is -2.36. The summed E-state index contributed by atoms with van der Waals surface area (Å²) in [6, 6.07) is 28.3.